The Bertz CT molecular complexity index is 878. The molecule has 0 spiro atoms. The zero-order valence-corrected chi connectivity index (χ0v) is 15.5. The highest BCUT2D eigenvalue weighted by Crippen LogP contribution is 2.31. The van der Waals surface area contributed by atoms with Crippen LogP contribution in [-0.2, 0) is 6.42 Å². The van der Waals surface area contributed by atoms with Crippen LogP contribution in [0.25, 0.3) is 10.6 Å². The first-order valence-electron chi connectivity index (χ1n) is 8.72. The summed E-state index contributed by atoms with van der Waals surface area (Å²) in [6.07, 6.45) is 2.56. The molecule has 1 fully saturated rings. The summed E-state index contributed by atoms with van der Waals surface area (Å²) in [6, 6.07) is 5.72. The third-order valence-electron chi connectivity index (χ3n) is 4.52. The fraction of sp³-hybridized carbons (Fsp3) is 0.444. The van der Waals surface area contributed by atoms with Gasteiger partial charge in [-0.25, -0.2) is 0 Å². The molecule has 0 aromatic carbocycles. The SMILES string of the molecule is CC(C)c1nnc(CC2CC(NC(=O)c3cc(-c4cccs4)no3)C2)o1. The second kappa shape index (κ2) is 7.03. The molecule has 8 heteroatoms. The Morgan fingerprint density at radius 1 is 1.38 bits per heavy atom. The van der Waals surface area contributed by atoms with E-state index in [0.717, 1.165) is 24.1 Å². The molecule has 0 aliphatic heterocycles. The fourth-order valence-electron chi connectivity index (χ4n) is 3.03. The first kappa shape index (κ1) is 17.0. The molecule has 1 saturated carbocycles. The van der Waals surface area contributed by atoms with Crippen LogP contribution in [0.2, 0.25) is 0 Å². The van der Waals surface area contributed by atoms with Crippen LogP contribution in [0.4, 0.5) is 0 Å². The smallest absolute Gasteiger partial charge is 0.290 e. The van der Waals surface area contributed by atoms with Crippen LogP contribution in [0, 0.1) is 5.92 Å². The van der Waals surface area contributed by atoms with Gasteiger partial charge in [0.1, 0.15) is 5.69 Å². The van der Waals surface area contributed by atoms with E-state index >= 15 is 0 Å². The van der Waals surface area contributed by atoms with Gasteiger partial charge < -0.3 is 14.3 Å². The highest BCUT2D eigenvalue weighted by Gasteiger charge is 2.32. The minimum Gasteiger partial charge on any atom is -0.425 e. The molecule has 4 rings (SSSR count). The van der Waals surface area contributed by atoms with Gasteiger partial charge in [-0.3, -0.25) is 4.79 Å². The number of hydrogen-bond acceptors (Lipinski definition) is 7. The zero-order valence-electron chi connectivity index (χ0n) is 14.6. The lowest BCUT2D eigenvalue weighted by Crippen LogP contribution is -2.44. The van der Waals surface area contributed by atoms with Crippen LogP contribution in [0.3, 0.4) is 0 Å². The molecule has 7 nitrogen and oxygen atoms in total. The van der Waals surface area contributed by atoms with E-state index in [-0.39, 0.29) is 23.6 Å². The minimum absolute atomic E-state index is 0.148. The number of carbonyl (C=O) groups is 1. The summed E-state index contributed by atoms with van der Waals surface area (Å²) in [4.78, 5) is 13.3. The quantitative estimate of drug-likeness (QED) is 0.710. The standard InChI is InChI=1S/C18H20N4O3S/c1-10(2)18-21-20-16(24-18)8-11-6-12(7-11)19-17(23)14-9-13(22-25-14)15-4-3-5-26-15/h3-5,9-12H,6-8H2,1-2H3,(H,19,23). The van der Waals surface area contributed by atoms with Crippen molar-refractivity contribution in [1.29, 1.82) is 0 Å². The maximum absolute atomic E-state index is 12.3. The Morgan fingerprint density at radius 3 is 2.92 bits per heavy atom. The number of carbonyl (C=O) groups excluding carboxylic acids is 1. The van der Waals surface area contributed by atoms with Crippen molar-refractivity contribution in [1.82, 2.24) is 20.7 Å². The van der Waals surface area contributed by atoms with Crippen LogP contribution >= 0.6 is 11.3 Å². The molecule has 0 atom stereocenters. The monoisotopic (exact) mass is 372 g/mol. The number of amides is 1. The Balaban J connectivity index is 1.26. The molecule has 3 heterocycles. The minimum atomic E-state index is -0.219. The average molecular weight is 372 g/mol. The number of thiophene rings is 1. The summed E-state index contributed by atoms with van der Waals surface area (Å²) in [5, 5.41) is 17.1. The van der Waals surface area contributed by atoms with Gasteiger partial charge in [-0.15, -0.1) is 21.5 Å². The number of hydrogen-bond donors (Lipinski definition) is 1. The molecule has 1 N–H and O–H groups in total. The van der Waals surface area contributed by atoms with Crippen molar-refractivity contribution in [3.8, 4) is 10.6 Å². The predicted octanol–water partition coefficient (Wildman–Crippen LogP) is 3.66. The third-order valence-corrected chi connectivity index (χ3v) is 5.41. The molecule has 0 radical (unpaired) electrons. The van der Waals surface area contributed by atoms with E-state index < -0.39 is 0 Å². The first-order chi connectivity index (χ1) is 12.6. The Labute approximate surface area is 154 Å². The van der Waals surface area contributed by atoms with Crippen LogP contribution < -0.4 is 5.32 Å². The van der Waals surface area contributed by atoms with Gasteiger partial charge in [-0.2, -0.15) is 0 Å². The molecule has 136 valence electrons. The molecule has 0 saturated heterocycles. The van der Waals surface area contributed by atoms with Crippen LogP contribution in [-0.4, -0.2) is 27.3 Å². The van der Waals surface area contributed by atoms with Crippen LogP contribution in [0.5, 0.6) is 0 Å². The van der Waals surface area contributed by atoms with Gasteiger partial charge in [0.25, 0.3) is 5.91 Å². The summed E-state index contributed by atoms with van der Waals surface area (Å²) in [7, 11) is 0. The lowest BCUT2D eigenvalue weighted by Gasteiger charge is -2.34. The van der Waals surface area contributed by atoms with Gasteiger partial charge in [-0.1, -0.05) is 25.1 Å². The molecule has 1 aliphatic rings. The normalized spacial score (nSPS) is 19.5. The second-order valence-corrected chi connectivity index (χ2v) is 7.90. The summed E-state index contributed by atoms with van der Waals surface area (Å²) in [5.41, 5.74) is 0.689. The number of nitrogens with one attached hydrogen (secondary N) is 1. The molecule has 3 aromatic rings. The molecule has 0 bridgehead atoms. The van der Waals surface area contributed by atoms with Crippen LogP contribution in [0.1, 0.15) is 54.9 Å². The zero-order chi connectivity index (χ0) is 18.1. The van der Waals surface area contributed by atoms with Crippen molar-refractivity contribution in [2.24, 2.45) is 5.92 Å². The molecule has 26 heavy (non-hydrogen) atoms. The Kier molecular flexibility index (Phi) is 4.58. The highest BCUT2D eigenvalue weighted by molar-refractivity contribution is 7.13. The van der Waals surface area contributed by atoms with E-state index in [4.69, 9.17) is 8.94 Å². The lowest BCUT2D eigenvalue weighted by atomic mass is 9.78. The average Bonchev–Trinajstić information content (AvgIpc) is 3.32. The van der Waals surface area contributed by atoms with Gasteiger partial charge in [0.2, 0.25) is 17.5 Å². The van der Waals surface area contributed by atoms with E-state index in [9.17, 15) is 4.79 Å². The van der Waals surface area contributed by atoms with E-state index in [1.165, 1.54) is 0 Å². The topological polar surface area (TPSA) is 94.1 Å². The van der Waals surface area contributed by atoms with Crippen molar-refractivity contribution in [3.05, 3.63) is 41.1 Å². The molecule has 3 aromatic heterocycles. The Morgan fingerprint density at radius 2 is 2.23 bits per heavy atom. The van der Waals surface area contributed by atoms with Crippen molar-refractivity contribution in [2.75, 3.05) is 0 Å². The summed E-state index contributed by atoms with van der Waals surface area (Å²) < 4.78 is 10.8. The van der Waals surface area contributed by atoms with Crippen molar-refractivity contribution < 1.29 is 13.7 Å². The lowest BCUT2D eigenvalue weighted by molar-refractivity contribution is 0.0849. The van der Waals surface area contributed by atoms with Gasteiger partial charge >= 0.3 is 0 Å². The maximum Gasteiger partial charge on any atom is 0.290 e. The molecule has 1 amide bonds. The van der Waals surface area contributed by atoms with Gasteiger partial charge in [0, 0.05) is 24.4 Å². The first-order valence-corrected chi connectivity index (χ1v) is 9.60. The number of nitrogens with zero attached hydrogens (tertiary/aromatic N) is 3. The number of aromatic nitrogens is 3. The van der Waals surface area contributed by atoms with Crippen molar-refractivity contribution >= 4 is 17.2 Å². The van der Waals surface area contributed by atoms with Gasteiger partial charge in [0.15, 0.2) is 0 Å². The summed E-state index contributed by atoms with van der Waals surface area (Å²) >= 11 is 1.56. The second-order valence-electron chi connectivity index (χ2n) is 6.95. The Hall–Kier alpha value is -2.48. The predicted molar refractivity (Wildman–Crippen MR) is 95.9 cm³/mol. The van der Waals surface area contributed by atoms with E-state index in [0.29, 0.717) is 23.4 Å². The molecular formula is C18H20N4O3S. The van der Waals surface area contributed by atoms with E-state index in [1.54, 1.807) is 17.4 Å². The third kappa shape index (κ3) is 3.55. The van der Waals surface area contributed by atoms with Gasteiger partial charge in [0.05, 0.1) is 4.88 Å². The molecular weight excluding hydrogens is 352 g/mol. The maximum atomic E-state index is 12.3. The van der Waals surface area contributed by atoms with Crippen molar-refractivity contribution in [3.63, 3.8) is 0 Å². The molecule has 1 aliphatic carbocycles. The highest BCUT2D eigenvalue weighted by atomic mass is 32.1. The van der Waals surface area contributed by atoms with E-state index in [1.807, 2.05) is 31.4 Å². The fourth-order valence-corrected chi connectivity index (χ4v) is 3.71. The van der Waals surface area contributed by atoms with E-state index in [2.05, 4.69) is 20.7 Å². The molecule has 0 unspecified atom stereocenters. The summed E-state index contributed by atoms with van der Waals surface area (Å²) in [6.45, 7) is 4.05. The number of rotatable bonds is 6. The largest absolute Gasteiger partial charge is 0.425 e. The summed E-state index contributed by atoms with van der Waals surface area (Å²) in [5.74, 6) is 2.08. The van der Waals surface area contributed by atoms with Gasteiger partial charge in [-0.05, 0) is 30.2 Å². The van der Waals surface area contributed by atoms with Crippen molar-refractivity contribution in [2.45, 2.75) is 45.1 Å². The van der Waals surface area contributed by atoms with Crippen LogP contribution in [0.15, 0.2) is 32.5 Å².